The van der Waals surface area contributed by atoms with Crippen molar-refractivity contribution in [2.45, 2.75) is 6.92 Å². The molecule has 0 aliphatic rings. The van der Waals surface area contributed by atoms with E-state index in [1.807, 2.05) is 0 Å². The van der Waals surface area contributed by atoms with Gasteiger partial charge in [0.1, 0.15) is 6.61 Å². The van der Waals surface area contributed by atoms with E-state index in [4.69, 9.17) is 4.74 Å². The molecule has 0 bridgehead atoms. The van der Waals surface area contributed by atoms with Gasteiger partial charge in [0.2, 0.25) is 5.82 Å². The second kappa shape index (κ2) is 6.62. The maximum atomic E-state index is 13.1. The molecule has 1 rings (SSSR count). The summed E-state index contributed by atoms with van der Waals surface area (Å²) in [6.07, 6.45) is 2.53. The molecule has 0 aliphatic carbocycles. The van der Waals surface area contributed by atoms with Crippen molar-refractivity contribution >= 4 is 5.97 Å². The number of carbonyl (C=O) groups is 1. The topological polar surface area (TPSA) is 35.5 Å². The maximum Gasteiger partial charge on any atom is 0.330 e. The quantitative estimate of drug-likeness (QED) is 0.587. The third-order valence-corrected chi connectivity index (χ3v) is 1.79. The Morgan fingerprint density at radius 3 is 2.88 bits per heavy atom. The van der Waals surface area contributed by atoms with E-state index >= 15 is 0 Å². The molecular formula is C12H12F2O3. The molecule has 0 unspecified atom stereocenters. The SMILES string of the molecule is CCOC(=O)/C=C/COc1cccc(F)c1F. The third-order valence-electron chi connectivity index (χ3n) is 1.79. The van der Waals surface area contributed by atoms with Crippen molar-refractivity contribution in [1.82, 2.24) is 0 Å². The highest BCUT2D eigenvalue weighted by atomic mass is 19.2. The Labute approximate surface area is 97.7 Å². The van der Waals surface area contributed by atoms with Gasteiger partial charge in [-0.25, -0.2) is 9.18 Å². The molecule has 0 amide bonds. The monoisotopic (exact) mass is 242 g/mol. The summed E-state index contributed by atoms with van der Waals surface area (Å²) in [5.41, 5.74) is 0. The first-order valence-electron chi connectivity index (χ1n) is 5.05. The van der Waals surface area contributed by atoms with Crippen molar-refractivity contribution in [1.29, 1.82) is 0 Å². The van der Waals surface area contributed by atoms with Crippen LogP contribution in [-0.4, -0.2) is 19.2 Å². The van der Waals surface area contributed by atoms with Gasteiger partial charge in [0.15, 0.2) is 11.6 Å². The minimum absolute atomic E-state index is 0.0425. The van der Waals surface area contributed by atoms with Gasteiger partial charge in [0, 0.05) is 6.08 Å². The van der Waals surface area contributed by atoms with E-state index in [2.05, 4.69) is 4.74 Å². The molecule has 3 nitrogen and oxygen atoms in total. The van der Waals surface area contributed by atoms with Gasteiger partial charge in [0.05, 0.1) is 6.61 Å². The fourth-order valence-corrected chi connectivity index (χ4v) is 1.07. The summed E-state index contributed by atoms with van der Waals surface area (Å²) in [5, 5.41) is 0. The predicted molar refractivity (Wildman–Crippen MR) is 57.6 cm³/mol. The molecule has 0 radical (unpaired) electrons. The van der Waals surface area contributed by atoms with Crippen LogP contribution >= 0.6 is 0 Å². The van der Waals surface area contributed by atoms with Crippen LogP contribution in [0.15, 0.2) is 30.4 Å². The van der Waals surface area contributed by atoms with Crippen LogP contribution in [-0.2, 0) is 9.53 Å². The first kappa shape index (κ1) is 13.2. The zero-order valence-electron chi connectivity index (χ0n) is 9.28. The number of rotatable bonds is 5. The Bertz CT molecular complexity index is 416. The van der Waals surface area contributed by atoms with E-state index in [1.54, 1.807) is 6.92 Å². The van der Waals surface area contributed by atoms with Crippen molar-refractivity contribution in [2.24, 2.45) is 0 Å². The van der Waals surface area contributed by atoms with Crippen molar-refractivity contribution in [2.75, 3.05) is 13.2 Å². The van der Waals surface area contributed by atoms with Gasteiger partial charge in [-0.3, -0.25) is 0 Å². The number of benzene rings is 1. The zero-order chi connectivity index (χ0) is 12.7. The average molecular weight is 242 g/mol. The van der Waals surface area contributed by atoms with Crippen molar-refractivity contribution < 1.29 is 23.0 Å². The molecule has 0 heterocycles. The smallest absolute Gasteiger partial charge is 0.330 e. The average Bonchev–Trinajstić information content (AvgIpc) is 2.30. The molecule has 0 aliphatic heterocycles. The van der Waals surface area contributed by atoms with E-state index in [1.165, 1.54) is 24.3 Å². The number of esters is 1. The second-order valence-corrected chi connectivity index (χ2v) is 3.02. The van der Waals surface area contributed by atoms with E-state index in [0.717, 1.165) is 6.07 Å². The number of hydrogen-bond acceptors (Lipinski definition) is 3. The van der Waals surface area contributed by atoms with E-state index in [9.17, 15) is 13.6 Å². The van der Waals surface area contributed by atoms with Gasteiger partial charge in [0.25, 0.3) is 0 Å². The fraction of sp³-hybridized carbons (Fsp3) is 0.250. The Kier molecular flexibility index (Phi) is 5.13. The molecule has 0 atom stereocenters. The summed E-state index contributed by atoms with van der Waals surface area (Å²) in [7, 11) is 0. The first-order chi connectivity index (χ1) is 8.15. The molecule has 0 fully saturated rings. The minimum Gasteiger partial charge on any atom is -0.486 e. The molecular weight excluding hydrogens is 230 g/mol. The van der Waals surface area contributed by atoms with Gasteiger partial charge >= 0.3 is 5.97 Å². The van der Waals surface area contributed by atoms with Gasteiger partial charge in [-0.15, -0.1) is 0 Å². The van der Waals surface area contributed by atoms with Crippen LogP contribution in [0, 0.1) is 11.6 Å². The maximum absolute atomic E-state index is 13.1. The summed E-state index contributed by atoms with van der Waals surface area (Å²) in [4.78, 5) is 10.9. The lowest BCUT2D eigenvalue weighted by molar-refractivity contribution is -0.137. The van der Waals surface area contributed by atoms with E-state index < -0.39 is 17.6 Å². The van der Waals surface area contributed by atoms with Gasteiger partial charge < -0.3 is 9.47 Å². The zero-order valence-corrected chi connectivity index (χ0v) is 9.28. The first-order valence-corrected chi connectivity index (χ1v) is 5.05. The molecule has 0 spiro atoms. The highest BCUT2D eigenvalue weighted by Crippen LogP contribution is 2.18. The molecule has 1 aromatic rings. The third kappa shape index (κ3) is 4.22. The molecule has 0 N–H and O–H groups in total. The number of carbonyl (C=O) groups excluding carboxylic acids is 1. The van der Waals surface area contributed by atoms with Crippen LogP contribution in [0.2, 0.25) is 0 Å². The number of hydrogen-bond donors (Lipinski definition) is 0. The number of ether oxygens (including phenoxy) is 2. The van der Waals surface area contributed by atoms with Crippen LogP contribution in [0.5, 0.6) is 5.75 Å². The summed E-state index contributed by atoms with van der Waals surface area (Å²) < 4.78 is 35.4. The van der Waals surface area contributed by atoms with Crippen LogP contribution in [0.3, 0.4) is 0 Å². The molecule has 17 heavy (non-hydrogen) atoms. The van der Waals surface area contributed by atoms with Crippen molar-refractivity contribution in [3.05, 3.63) is 42.0 Å². The highest BCUT2D eigenvalue weighted by molar-refractivity contribution is 5.81. The lowest BCUT2D eigenvalue weighted by atomic mass is 10.3. The van der Waals surface area contributed by atoms with Gasteiger partial charge in [-0.05, 0) is 25.1 Å². The summed E-state index contributed by atoms with van der Waals surface area (Å²) in [5.74, 6) is -2.72. The fourth-order valence-electron chi connectivity index (χ4n) is 1.07. The van der Waals surface area contributed by atoms with Crippen LogP contribution in [0.1, 0.15) is 6.92 Å². The Hall–Kier alpha value is -1.91. The van der Waals surface area contributed by atoms with Gasteiger partial charge in [-0.2, -0.15) is 4.39 Å². The second-order valence-electron chi connectivity index (χ2n) is 3.02. The molecule has 0 saturated heterocycles. The lowest BCUT2D eigenvalue weighted by Crippen LogP contribution is -2.02. The van der Waals surface area contributed by atoms with E-state index in [0.29, 0.717) is 0 Å². The molecule has 0 aromatic heterocycles. The van der Waals surface area contributed by atoms with Crippen LogP contribution in [0.25, 0.3) is 0 Å². The minimum atomic E-state index is -1.04. The van der Waals surface area contributed by atoms with Crippen LogP contribution in [0.4, 0.5) is 8.78 Å². The predicted octanol–water partition coefficient (Wildman–Crippen LogP) is 2.46. The summed E-state index contributed by atoms with van der Waals surface area (Å²) >= 11 is 0. The Balaban J connectivity index is 2.46. The van der Waals surface area contributed by atoms with Crippen molar-refractivity contribution in [3.63, 3.8) is 0 Å². The highest BCUT2D eigenvalue weighted by Gasteiger charge is 2.07. The summed E-state index contributed by atoms with van der Waals surface area (Å²) in [6.45, 7) is 1.92. The van der Waals surface area contributed by atoms with Crippen molar-refractivity contribution in [3.8, 4) is 5.75 Å². The number of halogens is 2. The van der Waals surface area contributed by atoms with Gasteiger partial charge in [-0.1, -0.05) is 6.07 Å². The lowest BCUT2D eigenvalue weighted by Gasteiger charge is -2.04. The Morgan fingerprint density at radius 1 is 1.41 bits per heavy atom. The molecule has 1 aromatic carbocycles. The van der Waals surface area contributed by atoms with E-state index in [-0.39, 0.29) is 19.0 Å². The Morgan fingerprint density at radius 2 is 2.18 bits per heavy atom. The normalized spacial score (nSPS) is 10.5. The summed E-state index contributed by atoms with van der Waals surface area (Å²) in [6, 6.07) is 3.63. The molecule has 5 heteroatoms. The largest absolute Gasteiger partial charge is 0.486 e. The molecule has 92 valence electrons. The standard InChI is InChI=1S/C12H12F2O3/c1-2-16-11(15)7-4-8-17-10-6-3-5-9(13)12(10)14/h3-7H,2,8H2,1H3/b7-4+. The molecule has 0 saturated carbocycles. The van der Waals surface area contributed by atoms with Crippen LogP contribution < -0.4 is 4.74 Å².